The molecular formula is C24H35NO4S. The Balaban J connectivity index is 1.82. The van der Waals surface area contributed by atoms with Gasteiger partial charge in [-0.3, -0.25) is 4.79 Å². The van der Waals surface area contributed by atoms with Crippen LogP contribution < -0.4 is 9.32 Å². The van der Waals surface area contributed by atoms with E-state index in [1.54, 1.807) is 0 Å². The number of carbonyl (C=O) groups is 1. The van der Waals surface area contributed by atoms with Crippen LogP contribution in [0, 0.1) is 17.3 Å². The van der Waals surface area contributed by atoms with Crippen LogP contribution in [0.3, 0.4) is 0 Å². The van der Waals surface area contributed by atoms with Gasteiger partial charge in [0.15, 0.2) is 5.75 Å². The molecule has 4 atom stereocenters. The van der Waals surface area contributed by atoms with Crippen LogP contribution in [-0.4, -0.2) is 14.2 Å². The molecular weight excluding hydrogens is 398 g/mol. The highest BCUT2D eigenvalue weighted by Crippen LogP contribution is 2.60. The number of nitrogens with two attached hydrogens (primary N) is 1. The van der Waals surface area contributed by atoms with Crippen molar-refractivity contribution in [1.29, 1.82) is 0 Å². The minimum Gasteiger partial charge on any atom is -0.370 e. The molecule has 0 spiro atoms. The quantitative estimate of drug-likeness (QED) is 0.710. The first-order valence-corrected chi connectivity index (χ1v) is 13.1. The van der Waals surface area contributed by atoms with Crippen LogP contribution >= 0.6 is 0 Å². The van der Waals surface area contributed by atoms with Gasteiger partial charge in [-0.05, 0) is 85.0 Å². The monoisotopic (exact) mass is 433 g/mol. The number of hydrogen-bond acceptors (Lipinski definition) is 4. The molecule has 0 unspecified atom stereocenters. The smallest absolute Gasteiger partial charge is 0.370 e. The second-order valence-corrected chi connectivity index (χ2v) is 11.0. The van der Waals surface area contributed by atoms with Gasteiger partial charge in [-0.2, -0.15) is 13.6 Å². The summed E-state index contributed by atoms with van der Waals surface area (Å²) in [6.45, 7) is 6.41. The van der Waals surface area contributed by atoms with Gasteiger partial charge in [0, 0.05) is 11.8 Å². The molecule has 2 saturated carbocycles. The van der Waals surface area contributed by atoms with E-state index in [9.17, 15) is 13.2 Å². The third-order valence-corrected chi connectivity index (χ3v) is 8.50. The third-order valence-electron chi connectivity index (χ3n) is 8.10. The van der Waals surface area contributed by atoms with Crippen molar-refractivity contribution in [2.45, 2.75) is 90.9 Å². The summed E-state index contributed by atoms with van der Waals surface area (Å²) in [5.74, 6) is 2.45. The van der Waals surface area contributed by atoms with Gasteiger partial charge in [0.2, 0.25) is 0 Å². The topological polar surface area (TPSA) is 86.5 Å². The number of ketones is 1. The Morgan fingerprint density at radius 2 is 1.87 bits per heavy atom. The summed E-state index contributed by atoms with van der Waals surface area (Å²) in [5.41, 5.74) is 4.55. The average Bonchev–Trinajstić information content (AvgIpc) is 2.98. The fourth-order valence-corrected chi connectivity index (χ4v) is 7.26. The maximum absolute atomic E-state index is 12.6. The van der Waals surface area contributed by atoms with Gasteiger partial charge >= 0.3 is 10.3 Å². The second kappa shape index (κ2) is 7.94. The fraction of sp³-hybridized carbons (Fsp3) is 0.708. The van der Waals surface area contributed by atoms with Crippen LogP contribution in [0.4, 0.5) is 0 Å². The van der Waals surface area contributed by atoms with Gasteiger partial charge < -0.3 is 4.18 Å². The van der Waals surface area contributed by atoms with Crippen molar-refractivity contribution in [3.63, 3.8) is 0 Å². The lowest BCUT2D eigenvalue weighted by atomic mass is 9.55. The highest BCUT2D eigenvalue weighted by Gasteiger charge is 2.54. The molecule has 166 valence electrons. The number of fused-ring (bicyclic) bond motifs is 5. The highest BCUT2D eigenvalue weighted by atomic mass is 32.2. The van der Waals surface area contributed by atoms with Crippen LogP contribution in [0.15, 0.2) is 6.07 Å². The van der Waals surface area contributed by atoms with Gasteiger partial charge in [0.25, 0.3) is 0 Å². The first kappa shape index (κ1) is 21.8. The van der Waals surface area contributed by atoms with E-state index in [0.29, 0.717) is 29.3 Å². The molecule has 3 aliphatic rings. The van der Waals surface area contributed by atoms with Gasteiger partial charge in [-0.1, -0.05) is 39.7 Å². The first-order valence-electron chi connectivity index (χ1n) is 11.6. The summed E-state index contributed by atoms with van der Waals surface area (Å²) in [6, 6.07) is 2.22. The maximum Gasteiger partial charge on any atom is 0.380 e. The summed E-state index contributed by atoms with van der Waals surface area (Å²) in [4.78, 5) is 12.6. The lowest BCUT2D eigenvalue weighted by molar-refractivity contribution is -0.129. The summed E-state index contributed by atoms with van der Waals surface area (Å²) in [7, 11) is -4.07. The summed E-state index contributed by atoms with van der Waals surface area (Å²) in [5, 5.41) is 5.28. The Morgan fingerprint density at radius 3 is 2.53 bits per heavy atom. The van der Waals surface area contributed by atoms with E-state index in [1.165, 1.54) is 11.1 Å². The number of carbonyl (C=O) groups excluding carboxylic acids is 1. The summed E-state index contributed by atoms with van der Waals surface area (Å²) in [6.07, 6.45) is 9.18. The second-order valence-electron chi connectivity index (χ2n) is 9.82. The number of benzene rings is 1. The SMILES string of the molecule is CCCc1cc2c(c(CCC)c1OS(N)(=O)=O)CC[C@@H]1[C@@H]2CC[C@]2(C)C(=O)CC[C@@H]12. The van der Waals surface area contributed by atoms with Crippen molar-refractivity contribution in [3.05, 3.63) is 28.3 Å². The standard InChI is InChI=1S/C24H35NO4S/c1-4-6-15-14-20-16(19(7-5-2)23(15)29-30(25,27)28)8-9-18-17(20)12-13-24(3)21(18)10-11-22(24)26/h14,17-18,21H,4-13H2,1-3H3,(H2,25,27,28)/t17-,18+,21-,24-/m0/s1. The van der Waals surface area contributed by atoms with Crippen molar-refractivity contribution < 1.29 is 17.4 Å². The third kappa shape index (κ3) is 3.60. The van der Waals surface area contributed by atoms with Crippen molar-refractivity contribution >= 4 is 16.1 Å². The minimum absolute atomic E-state index is 0.131. The van der Waals surface area contributed by atoms with Gasteiger partial charge in [-0.25, -0.2) is 0 Å². The largest absolute Gasteiger partial charge is 0.380 e. The molecule has 0 bridgehead atoms. The first-order chi connectivity index (χ1) is 14.2. The molecule has 1 aromatic carbocycles. The lowest BCUT2D eigenvalue weighted by Gasteiger charge is -2.48. The van der Waals surface area contributed by atoms with E-state index < -0.39 is 10.3 Å². The number of hydrogen-bond donors (Lipinski definition) is 1. The molecule has 5 nitrogen and oxygen atoms in total. The minimum atomic E-state index is -4.07. The Bertz CT molecular complexity index is 954. The molecule has 0 aromatic heterocycles. The predicted octanol–water partition coefficient (Wildman–Crippen LogP) is 4.60. The van der Waals surface area contributed by atoms with E-state index in [1.807, 2.05) is 0 Å². The fourth-order valence-electron chi connectivity index (χ4n) is 6.82. The van der Waals surface area contributed by atoms with Crippen molar-refractivity contribution in [2.24, 2.45) is 22.4 Å². The van der Waals surface area contributed by atoms with Gasteiger partial charge in [0.1, 0.15) is 5.78 Å². The van der Waals surface area contributed by atoms with E-state index in [2.05, 4.69) is 26.8 Å². The molecule has 2 fully saturated rings. The van der Waals surface area contributed by atoms with Crippen molar-refractivity contribution in [3.8, 4) is 5.75 Å². The van der Waals surface area contributed by atoms with Crippen LogP contribution in [0.1, 0.15) is 93.9 Å². The molecule has 6 heteroatoms. The van der Waals surface area contributed by atoms with E-state index in [4.69, 9.17) is 9.32 Å². The Kier molecular flexibility index (Phi) is 5.77. The zero-order chi connectivity index (χ0) is 21.7. The van der Waals surface area contributed by atoms with Crippen LogP contribution in [0.25, 0.3) is 0 Å². The van der Waals surface area contributed by atoms with Crippen molar-refractivity contribution in [1.82, 2.24) is 0 Å². The Hall–Kier alpha value is -1.40. The molecule has 0 aliphatic heterocycles. The van der Waals surface area contributed by atoms with Crippen LogP contribution in [-0.2, 0) is 34.4 Å². The van der Waals surface area contributed by atoms with Gasteiger partial charge in [0.05, 0.1) is 0 Å². The number of Topliss-reactive ketones (excluding diaryl/α,β-unsaturated/α-hetero) is 1. The van der Waals surface area contributed by atoms with Crippen molar-refractivity contribution in [2.75, 3.05) is 0 Å². The normalized spacial score (nSPS) is 30.5. The Labute approximate surface area is 181 Å². The Morgan fingerprint density at radius 1 is 1.13 bits per heavy atom. The molecule has 1 aromatic rings. The van der Waals surface area contributed by atoms with Crippen LogP contribution in [0.2, 0.25) is 0 Å². The molecule has 0 saturated heterocycles. The number of rotatable bonds is 6. The molecule has 3 aliphatic carbocycles. The zero-order valence-electron chi connectivity index (χ0n) is 18.5. The molecule has 0 amide bonds. The lowest BCUT2D eigenvalue weighted by Crippen LogP contribution is -2.42. The van der Waals surface area contributed by atoms with Crippen LogP contribution in [0.5, 0.6) is 5.75 Å². The predicted molar refractivity (Wildman–Crippen MR) is 118 cm³/mol. The zero-order valence-corrected chi connectivity index (χ0v) is 19.3. The van der Waals surface area contributed by atoms with E-state index >= 15 is 0 Å². The molecule has 0 heterocycles. The van der Waals surface area contributed by atoms with Gasteiger partial charge in [-0.15, -0.1) is 0 Å². The van der Waals surface area contributed by atoms with E-state index in [-0.39, 0.29) is 5.41 Å². The molecule has 2 N–H and O–H groups in total. The summed E-state index contributed by atoms with van der Waals surface area (Å²) < 4.78 is 29.0. The van der Waals surface area contributed by atoms with E-state index in [0.717, 1.165) is 75.3 Å². The highest BCUT2D eigenvalue weighted by molar-refractivity contribution is 7.84. The molecule has 4 rings (SSSR count). The number of aryl methyl sites for hydroxylation is 1. The average molecular weight is 434 g/mol. The maximum atomic E-state index is 12.6. The molecule has 0 radical (unpaired) electrons. The summed E-state index contributed by atoms with van der Waals surface area (Å²) >= 11 is 0. The molecule has 30 heavy (non-hydrogen) atoms.